The van der Waals surface area contributed by atoms with Crippen LogP contribution >= 0.6 is 11.6 Å². The second-order valence-corrected chi connectivity index (χ2v) is 11.2. The van der Waals surface area contributed by atoms with E-state index in [-0.39, 0.29) is 45.9 Å². The van der Waals surface area contributed by atoms with Gasteiger partial charge in [-0.1, -0.05) is 24.2 Å². The van der Waals surface area contributed by atoms with Crippen molar-refractivity contribution in [2.75, 3.05) is 29.0 Å². The molecule has 42 heavy (non-hydrogen) atoms. The molecule has 1 aliphatic rings. The Balaban J connectivity index is 1.58. The van der Waals surface area contributed by atoms with E-state index >= 15 is 4.39 Å². The molecule has 2 aromatic carbocycles. The van der Waals surface area contributed by atoms with E-state index in [1.165, 1.54) is 6.08 Å². The number of benzene rings is 2. The minimum atomic E-state index is -0.588. The van der Waals surface area contributed by atoms with Crippen molar-refractivity contribution in [3.05, 3.63) is 65.7 Å². The molecule has 1 saturated heterocycles. The molecule has 6 rings (SSSR count). The average molecular weight is 588 g/mol. The topological polar surface area (TPSA) is 121 Å². The van der Waals surface area contributed by atoms with Gasteiger partial charge in [0.05, 0.1) is 21.6 Å². The fourth-order valence-electron chi connectivity index (χ4n) is 5.80. The maximum atomic E-state index is 16.9. The number of fused-ring (bicyclic) bond motifs is 2. The van der Waals surface area contributed by atoms with Gasteiger partial charge in [0.25, 0.3) is 0 Å². The number of halogens is 2. The van der Waals surface area contributed by atoms with Gasteiger partial charge in [0.2, 0.25) is 11.9 Å². The van der Waals surface area contributed by atoms with Crippen molar-refractivity contribution in [1.82, 2.24) is 29.6 Å². The molecular weight excluding hydrogens is 557 g/mol. The lowest BCUT2D eigenvalue weighted by Crippen LogP contribution is -2.58. The first-order chi connectivity index (χ1) is 20.1. The Bertz CT molecular complexity index is 1880. The third kappa shape index (κ3) is 4.50. The molecule has 0 bridgehead atoms. The summed E-state index contributed by atoms with van der Waals surface area (Å²) in [7, 11) is 1.91. The van der Waals surface area contributed by atoms with Crippen LogP contribution in [0.3, 0.4) is 0 Å². The van der Waals surface area contributed by atoms with Crippen LogP contribution in [0.5, 0.6) is 0 Å². The van der Waals surface area contributed by atoms with Gasteiger partial charge in [0.15, 0.2) is 11.6 Å². The van der Waals surface area contributed by atoms with Crippen LogP contribution in [-0.2, 0) is 11.8 Å². The van der Waals surface area contributed by atoms with E-state index in [1.807, 2.05) is 63.0 Å². The number of nitrogens with two attached hydrogens (primary N) is 1. The zero-order valence-corrected chi connectivity index (χ0v) is 24.5. The van der Waals surface area contributed by atoms with Crippen molar-refractivity contribution in [3.63, 3.8) is 0 Å². The van der Waals surface area contributed by atoms with Crippen LogP contribution in [0.1, 0.15) is 19.4 Å². The van der Waals surface area contributed by atoms with E-state index in [2.05, 4.69) is 32.0 Å². The molecule has 0 unspecified atom stereocenters. The van der Waals surface area contributed by atoms with Crippen molar-refractivity contribution >= 4 is 62.6 Å². The molecule has 4 N–H and O–H groups in total. The Kier molecular flexibility index (Phi) is 6.77. The first kappa shape index (κ1) is 27.5. The molecule has 0 aliphatic carbocycles. The molecule has 4 heterocycles. The number of H-pyrrole nitrogens is 1. The third-order valence-corrected chi connectivity index (χ3v) is 8.18. The van der Waals surface area contributed by atoms with Gasteiger partial charge in [0, 0.05) is 61.1 Å². The average Bonchev–Trinajstić information content (AvgIpc) is 3.55. The van der Waals surface area contributed by atoms with Crippen LogP contribution in [-0.4, -0.2) is 60.7 Å². The number of hydrogen-bond acceptors (Lipinski definition) is 7. The summed E-state index contributed by atoms with van der Waals surface area (Å²) in [5.41, 5.74) is 9.29. The minimum absolute atomic E-state index is 0.112. The SMILES string of the molecule is C=CC(=O)N1C[C@H](C)N(c2nc(Nc3ccn(C)c3)nc3c(F)c(-c4c(C)ccc5[nH]nc(N)c45)c(Cl)cc23)C[C@H]1C. The number of aromatic amines is 1. The maximum Gasteiger partial charge on any atom is 0.246 e. The first-order valence-electron chi connectivity index (χ1n) is 13.6. The minimum Gasteiger partial charge on any atom is -0.382 e. The second-order valence-electron chi connectivity index (χ2n) is 10.8. The Hall–Kier alpha value is -4.64. The van der Waals surface area contributed by atoms with Gasteiger partial charge in [-0.3, -0.25) is 9.89 Å². The number of amides is 1. The molecule has 2 atom stereocenters. The molecule has 1 fully saturated rings. The van der Waals surface area contributed by atoms with E-state index in [0.29, 0.717) is 40.8 Å². The normalized spacial score (nSPS) is 17.3. The van der Waals surface area contributed by atoms with Gasteiger partial charge < -0.3 is 25.4 Å². The number of nitrogens with zero attached hydrogens (tertiary/aromatic N) is 6. The van der Waals surface area contributed by atoms with Gasteiger partial charge in [0.1, 0.15) is 11.3 Å². The monoisotopic (exact) mass is 587 g/mol. The molecule has 0 radical (unpaired) electrons. The summed E-state index contributed by atoms with van der Waals surface area (Å²) in [6.07, 6.45) is 5.10. The van der Waals surface area contributed by atoms with Crippen molar-refractivity contribution in [3.8, 4) is 11.1 Å². The van der Waals surface area contributed by atoms with E-state index in [0.717, 1.165) is 11.3 Å². The number of nitrogen functional groups attached to an aromatic ring is 1. The lowest BCUT2D eigenvalue weighted by atomic mass is 9.94. The maximum absolute atomic E-state index is 16.9. The van der Waals surface area contributed by atoms with Gasteiger partial charge in [-0.25, -0.2) is 9.37 Å². The van der Waals surface area contributed by atoms with Gasteiger partial charge in [-0.2, -0.15) is 10.1 Å². The Morgan fingerprint density at radius 2 is 2.00 bits per heavy atom. The Morgan fingerprint density at radius 3 is 2.71 bits per heavy atom. The van der Waals surface area contributed by atoms with E-state index < -0.39 is 5.82 Å². The van der Waals surface area contributed by atoms with E-state index in [9.17, 15) is 4.79 Å². The number of rotatable bonds is 5. The van der Waals surface area contributed by atoms with Crippen LogP contribution in [0.25, 0.3) is 32.9 Å². The fraction of sp³-hybridized carbons (Fsp3) is 0.267. The summed E-state index contributed by atoms with van der Waals surface area (Å²) >= 11 is 6.90. The molecule has 5 aromatic rings. The summed E-state index contributed by atoms with van der Waals surface area (Å²) < 4.78 is 18.7. The highest BCUT2D eigenvalue weighted by Crippen LogP contribution is 2.43. The van der Waals surface area contributed by atoms with Crippen molar-refractivity contribution in [2.45, 2.75) is 32.9 Å². The van der Waals surface area contributed by atoms with Crippen LogP contribution in [0.2, 0.25) is 5.02 Å². The zero-order valence-electron chi connectivity index (χ0n) is 23.7. The van der Waals surface area contributed by atoms with Gasteiger partial charge in [-0.15, -0.1) is 0 Å². The van der Waals surface area contributed by atoms with Gasteiger partial charge >= 0.3 is 0 Å². The summed E-state index contributed by atoms with van der Waals surface area (Å²) in [6.45, 7) is 10.4. The Morgan fingerprint density at radius 1 is 1.21 bits per heavy atom. The first-order valence-corrected chi connectivity index (χ1v) is 14.0. The highest BCUT2D eigenvalue weighted by atomic mass is 35.5. The number of anilines is 4. The highest BCUT2D eigenvalue weighted by molar-refractivity contribution is 6.35. The third-order valence-electron chi connectivity index (χ3n) is 7.88. The van der Waals surface area contributed by atoms with E-state index in [1.54, 1.807) is 11.0 Å². The summed E-state index contributed by atoms with van der Waals surface area (Å²) in [5.74, 6) is 0.292. The van der Waals surface area contributed by atoms with E-state index in [4.69, 9.17) is 22.3 Å². The number of aromatic nitrogens is 5. The van der Waals surface area contributed by atoms with Crippen LogP contribution in [0.4, 0.5) is 27.7 Å². The lowest BCUT2D eigenvalue weighted by molar-refractivity contribution is -0.128. The number of carbonyl (C=O) groups is 1. The quantitative estimate of drug-likeness (QED) is 0.231. The molecule has 0 spiro atoms. The predicted octanol–water partition coefficient (Wildman–Crippen LogP) is 5.55. The van der Waals surface area contributed by atoms with Crippen LogP contribution < -0.4 is 16.0 Å². The molecule has 12 heteroatoms. The predicted molar refractivity (Wildman–Crippen MR) is 166 cm³/mol. The smallest absolute Gasteiger partial charge is 0.246 e. The molecule has 3 aromatic heterocycles. The summed E-state index contributed by atoms with van der Waals surface area (Å²) in [5, 5.41) is 11.5. The standard InChI is InChI=1S/C30H31ClFN9O/c1-6-22(42)40-12-17(4)41(13-16(40)3)29-19-11-20(31)24(23-15(2)7-8-21-25(23)28(33)38-37-21)26(32)27(19)35-30(36-29)34-18-9-10-39(5)14-18/h6-11,14,16-17H,1,12-13H2,2-5H3,(H3,33,37,38)(H,34,35,36)/t16-,17+/m1/s1. The van der Waals surface area contributed by atoms with Crippen molar-refractivity contribution < 1.29 is 9.18 Å². The van der Waals surface area contributed by atoms with Crippen molar-refractivity contribution in [2.24, 2.45) is 7.05 Å². The lowest BCUT2D eigenvalue weighted by Gasteiger charge is -2.44. The fourth-order valence-corrected chi connectivity index (χ4v) is 6.09. The Labute approximate surface area is 247 Å². The number of hydrogen-bond donors (Lipinski definition) is 3. The summed E-state index contributed by atoms with van der Waals surface area (Å²) in [6, 6.07) is 7.06. The molecular formula is C30H31ClFN9O. The second kappa shape index (κ2) is 10.3. The molecule has 1 amide bonds. The number of piperazine rings is 1. The molecule has 1 aliphatic heterocycles. The van der Waals surface area contributed by atoms with Crippen LogP contribution in [0.15, 0.2) is 49.3 Å². The molecule has 0 saturated carbocycles. The van der Waals surface area contributed by atoms with Crippen LogP contribution in [0, 0.1) is 12.7 Å². The number of carbonyl (C=O) groups excluding carboxylic acids is 1. The molecule has 10 nitrogen and oxygen atoms in total. The number of nitrogens with one attached hydrogen (secondary N) is 2. The zero-order chi connectivity index (χ0) is 29.9. The molecule has 216 valence electrons. The van der Waals surface area contributed by atoms with Gasteiger partial charge in [-0.05, 0) is 50.6 Å². The number of aryl methyl sites for hydroxylation is 2. The van der Waals surface area contributed by atoms with Crippen molar-refractivity contribution in [1.29, 1.82) is 0 Å². The highest BCUT2D eigenvalue weighted by Gasteiger charge is 2.34. The summed E-state index contributed by atoms with van der Waals surface area (Å²) in [4.78, 5) is 25.9. The largest absolute Gasteiger partial charge is 0.382 e.